The molecule has 0 aliphatic carbocycles. The second kappa shape index (κ2) is 18.4. The number of unbranched alkanes of at least 4 members (excludes halogenated alkanes) is 1. The Morgan fingerprint density at radius 2 is 1.70 bits per heavy atom. The van der Waals surface area contributed by atoms with E-state index in [1.165, 1.54) is 6.42 Å². The summed E-state index contributed by atoms with van der Waals surface area (Å²) in [4.78, 5) is 11.3. The fraction of sp³-hybridized carbons (Fsp3) is 0.938. The SMILES string of the molecule is CC.CCCCNC(=O)COCCOCCCC(C)C. The maximum Gasteiger partial charge on any atom is 0.245 e. The molecule has 0 saturated carbocycles. The first kappa shape index (κ1) is 21.7. The van der Waals surface area contributed by atoms with Gasteiger partial charge in [0.05, 0.1) is 13.2 Å². The van der Waals surface area contributed by atoms with E-state index in [0.717, 1.165) is 38.3 Å². The molecule has 0 aromatic heterocycles. The molecule has 1 amide bonds. The molecule has 4 heteroatoms. The zero-order valence-corrected chi connectivity index (χ0v) is 14.2. The quantitative estimate of drug-likeness (QED) is 0.560. The average Bonchev–Trinajstić information content (AvgIpc) is 2.44. The molecule has 4 nitrogen and oxygen atoms in total. The van der Waals surface area contributed by atoms with E-state index in [4.69, 9.17) is 9.47 Å². The van der Waals surface area contributed by atoms with Gasteiger partial charge in [-0.25, -0.2) is 0 Å². The molecule has 0 aliphatic rings. The van der Waals surface area contributed by atoms with Crippen molar-refractivity contribution in [3.05, 3.63) is 0 Å². The predicted octanol–water partition coefficient (Wildman–Crippen LogP) is 3.40. The molecule has 0 atom stereocenters. The van der Waals surface area contributed by atoms with Gasteiger partial charge in [0.25, 0.3) is 0 Å². The molecule has 0 aromatic carbocycles. The van der Waals surface area contributed by atoms with Crippen LogP contribution in [-0.4, -0.2) is 38.9 Å². The molecular weight excluding hydrogens is 254 g/mol. The maximum absolute atomic E-state index is 11.3. The van der Waals surface area contributed by atoms with Crippen molar-refractivity contribution in [2.75, 3.05) is 33.0 Å². The molecule has 0 saturated heterocycles. The topological polar surface area (TPSA) is 47.6 Å². The van der Waals surface area contributed by atoms with Crippen LogP contribution in [0.25, 0.3) is 0 Å². The van der Waals surface area contributed by atoms with E-state index in [-0.39, 0.29) is 12.5 Å². The Morgan fingerprint density at radius 1 is 1.05 bits per heavy atom. The van der Waals surface area contributed by atoms with Gasteiger partial charge in [0.2, 0.25) is 5.91 Å². The Bertz CT molecular complexity index is 196. The maximum atomic E-state index is 11.3. The monoisotopic (exact) mass is 289 g/mol. The summed E-state index contributed by atoms with van der Waals surface area (Å²) < 4.78 is 10.6. The van der Waals surface area contributed by atoms with Crippen molar-refractivity contribution in [3.8, 4) is 0 Å². The minimum atomic E-state index is -0.0387. The Kier molecular flexibility index (Phi) is 19.9. The highest BCUT2D eigenvalue weighted by Gasteiger charge is 2.00. The third-order valence-corrected chi connectivity index (χ3v) is 2.53. The fourth-order valence-corrected chi connectivity index (χ4v) is 1.43. The van der Waals surface area contributed by atoms with Gasteiger partial charge in [-0.1, -0.05) is 41.0 Å². The van der Waals surface area contributed by atoms with E-state index in [2.05, 4.69) is 26.1 Å². The number of carbonyl (C=O) groups excluding carboxylic acids is 1. The van der Waals surface area contributed by atoms with E-state index in [1.54, 1.807) is 0 Å². The average molecular weight is 289 g/mol. The highest BCUT2D eigenvalue weighted by atomic mass is 16.5. The lowest BCUT2D eigenvalue weighted by atomic mass is 10.1. The van der Waals surface area contributed by atoms with Gasteiger partial charge in [-0.3, -0.25) is 4.79 Å². The molecule has 0 unspecified atom stereocenters. The summed E-state index contributed by atoms with van der Waals surface area (Å²) in [6.07, 6.45) is 4.39. The van der Waals surface area contributed by atoms with Crippen molar-refractivity contribution in [2.45, 2.75) is 60.3 Å². The molecule has 20 heavy (non-hydrogen) atoms. The van der Waals surface area contributed by atoms with Crippen molar-refractivity contribution < 1.29 is 14.3 Å². The van der Waals surface area contributed by atoms with Gasteiger partial charge in [-0.05, 0) is 25.2 Å². The number of ether oxygens (including phenoxy) is 2. The van der Waals surface area contributed by atoms with Gasteiger partial charge in [0.1, 0.15) is 6.61 Å². The zero-order valence-electron chi connectivity index (χ0n) is 14.2. The summed E-state index contributed by atoms with van der Waals surface area (Å²) in [7, 11) is 0. The second-order valence-corrected chi connectivity index (χ2v) is 4.90. The van der Waals surface area contributed by atoms with Crippen molar-refractivity contribution >= 4 is 5.91 Å². The molecule has 0 spiro atoms. The van der Waals surface area contributed by atoms with Crippen molar-refractivity contribution in [3.63, 3.8) is 0 Å². The van der Waals surface area contributed by atoms with Crippen LogP contribution in [-0.2, 0) is 14.3 Å². The fourth-order valence-electron chi connectivity index (χ4n) is 1.43. The first-order valence-electron chi connectivity index (χ1n) is 8.09. The molecule has 0 fully saturated rings. The molecule has 0 bridgehead atoms. The number of amides is 1. The number of hydrogen-bond donors (Lipinski definition) is 1. The summed E-state index contributed by atoms with van der Waals surface area (Å²) in [5, 5.41) is 2.80. The molecule has 0 heterocycles. The van der Waals surface area contributed by atoms with Crippen LogP contribution in [0, 0.1) is 5.92 Å². The van der Waals surface area contributed by atoms with Gasteiger partial charge in [-0.2, -0.15) is 0 Å². The van der Waals surface area contributed by atoms with Crippen molar-refractivity contribution in [2.24, 2.45) is 5.92 Å². The molecule has 122 valence electrons. The summed E-state index contributed by atoms with van der Waals surface area (Å²) in [6, 6.07) is 0. The molecular formula is C16H35NO3. The highest BCUT2D eigenvalue weighted by Crippen LogP contribution is 2.02. The van der Waals surface area contributed by atoms with Crippen molar-refractivity contribution in [1.29, 1.82) is 0 Å². The largest absolute Gasteiger partial charge is 0.379 e. The van der Waals surface area contributed by atoms with Crippen LogP contribution in [0.1, 0.15) is 60.3 Å². The van der Waals surface area contributed by atoms with E-state index < -0.39 is 0 Å². The minimum Gasteiger partial charge on any atom is -0.379 e. The first-order chi connectivity index (χ1) is 9.66. The van der Waals surface area contributed by atoms with Crippen LogP contribution in [0.2, 0.25) is 0 Å². The molecule has 0 rings (SSSR count). The molecule has 0 aromatic rings. The Morgan fingerprint density at radius 3 is 2.30 bits per heavy atom. The lowest BCUT2D eigenvalue weighted by Gasteiger charge is -2.07. The Balaban J connectivity index is 0. The smallest absolute Gasteiger partial charge is 0.245 e. The lowest BCUT2D eigenvalue weighted by Crippen LogP contribution is -2.28. The van der Waals surface area contributed by atoms with Gasteiger partial charge in [-0.15, -0.1) is 0 Å². The summed E-state index contributed by atoms with van der Waals surface area (Å²) in [5.41, 5.74) is 0. The van der Waals surface area contributed by atoms with E-state index in [1.807, 2.05) is 13.8 Å². The van der Waals surface area contributed by atoms with Crippen LogP contribution in [0.5, 0.6) is 0 Å². The Hall–Kier alpha value is -0.610. The van der Waals surface area contributed by atoms with Crippen LogP contribution in [0.15, 0.2) is 0 Å². The summed E-state index contributed by atoms with van der Waals surface area (Å²) >= 11 is 0. The van der Waals surface area contributed by atoms with E-state index in [9.17, 15) is 4.79 Å². The van der Waals surface area contributed by atoms with Gasteiger partial charge in [0.15, 0.2) is 0 Å². The third-order valence-electron chi connectivity index (χ3n) is 2.53. The number of rotatable bonds is 12. The lowest BCUT2D eigenvalue weighted by molar-refractivity contribution is -0.126. The number of hydrogen-bond acceptors (Lipinski definition) is 3. The van der Waals surface area contributed by atoms with Gasteiger partial charge >= 0.3 is 0 Å². The van der Waals surface area contributed by atoms with Crippen LogP contribution in [0.3, 0.4) is 0 Å². The third kappa shape index (κ3) is 19.7. The van der Waals surface area contributed by atoms with Crippen LogP contribution < -0.4 is 5.32 Å². The first-order valence-corrected chi connectivity index (χ1v) is 8.09. The molecule has 0 aliphatic heterocycles. The van der Waals surface area contributed by atoms with E-state index in [0.29, 0.717) is 13.2 Å². The molecule has 0 radical (unpaired) electrons. The minimum absolute atomic E-state index is 0.0387. The standard InChI is InChI=1S/C14H29NO3.C2H6/c1-4-5-8-15-14(16)12-18-11-10-17-9-6-7-13(2)3;1-2/h13H,4-12H2,1-3H3,(H,15,16);1-2H3. The second-order valence-electron chi connectivity index (χ2n) is 4.90. The predicted molar refractivity (Wildman–Crippen MR) is 85.0 cm³/mol. The number of carbonyl (C=O) groups is 1. The zero-order chi connectivity index (χ0) is 15.6. The van der Waals surface area contributed by atoms with Crippen LogP contribution >= 0.6 is 0 Å². The Labute approximate surface area is 125 Å². The highest BCUT2D eigenvalue weighted by molar-refractivity contribution is 5.77. The normalized spacial score (nSPS) is 10.1. The number of nitrogens with one attached hydrogen (secondary N) is 1. The van der Waals surface area contributed by atoms with Gasteiger partial charge in [0, 0.05) is 13.2 Å². The van der Waals surface area contributed by atoms with Crippen LogP contribution in [0.4, 0.5) is 0 Å². The summed E-state index contributed by atoms with van der Waals surface area (Å²) in [5.74, 6) is 0.694. The molecule has 1 N–H and O–H groups in total. The summed E-state index contributed by atoms with van der Waals surface area (Å²) in [6.45, 7) is 13.2. The van der Waals surface area contributed by atoms with E-state index >= 15 is 0 Å². The van der Waals surface area contributed by atoms with Crippen molar-refractivity contribution in [1.82, 2.24) is 5.32 Å². The van der Waals surface area contributed by atoms with Gasteiger partial charge < -0.3 is 14.8 Å².